The van der Waals surface area contributed by atoms with Crippen molar-refractivity contribution >= 4 is 24.1 Å². The van der Waals surface area contributed by atoms with Crippen LogP contribution in [-0.4, -0.2) is 67.4 Å². The minimum absolute atomic E-state index is 0.141. The number of aromatic nitrogens is 4. The number of hydrogen-bond donors (Lipinski definition) is 0. The molecule has 0 spiro atoms. The van der Waals surface area contributed by atoms with E-state index in [9.17, 15) is 9.59 Å². The fourth-order valence-corrected chi connectivity index (χ4v) is 4.65. The zero-order valence-electron chi connectivity index (χ0n) is 22.2. The van der Waals surface area contributed by atoms with E-state index in [1.165, 1.54) is 0 Å². The van der Waals surface area contributed by atoms with Crippen molar-refractivity contribution in [1.29, 1.82) is 0 Å². The van der Waals surface area contributed by atoms with Crippen LogP contribution in [0.5, 0.6) is 0 Å². The summed E-state index contributed by atoms with van der Waals surface area (Å²) in [6, 6.07) is 19.1. The molecule has 10 nitrogen and oxygen atoms in total. The molecular weight excluding hydrogens is 480 g/mol. The summed E-state index contributed by atoms with van der Waals surface area (Å²) < 4.78 is 6.92. The predicted octanol–water partition coefficient (Wildman–Crippen LogP) is 2.92. The molecule has 38 heavy (non-hydrogen) atoms. The smallest absolute Gasteiger partial charge is 0.297 e. The first-order valence-corrected chi connectivity index (χ1v) is 12.6. The molecule has 0 amide bonds. The normalized spacial score (nSPS) is 14.3. The number of benzene rings is 2. The molecule has 10 heteroatoms. The van der Waals surface area contributed by atoms with E-state index in [1.54, 1.807) is 22.0 Å². The zero-order valence-corrected chi connectivity index (χ0v) is 22.2. The number of rotatable bonds is 6. The van der Waals surface area contributed by atoms with E-state index in [0.29, 0.717) is 11.4 Å². The summed E-state index contributed by atoms with van der Waals surface area (Å²) >= 11 is 0. The fraction of sp³-hybridized carbons (Fsp3) is 0.286. The van der Waals surface area contributed by atoms with E-state index in [0.717, 1.165) is 48.9 Å². The quantitative estimate of drug-likeness (QED) is 0.294. The number of nitrogens with zero attached hydrogens (tertiary/aromatic N) is 8. The van der Waals surface area contributed by atoms with Crippen LogP contribution < -0.4 is 11.1 Å². The van der Waals surface area contributed by atoms with E-state index in [2.05, 4.69) is 19.8 Å². The van der Waals surface area contributed by atoms with Gasteiger partial charge in [0.05, 0.1) is 35.4 Å². The van der Waals surface area contributed by atoms with Crippen LogP contribution in [-0.2, 0) is 14.1 Å². The lowest BCUT2D eigenvalue weighted by atomic mass is 10.3. The molecule has 0 saturated carbocycles. The molecule has 4 aromatic rings. The fourth-order valence-electron chi connectivity index (χ4n) is 4.65. The first kappa shape index (κ1) is 25.1. The van der Waals surface area contributed by atoms with Crippen molar-refractivity contribution in [1.82, 2.24) is 28.5 Å². The van der Waals surface area contributed by atoms with Crippen molar-refractivity contribution in [2.75, 3.05) is 26.2 Å². The summed E-state index contributed by atoms with van der Waals surface area (Å²) in [6.45, 7) is 6.73. The van der Waals surface area contributed by atoms with Crippen molar-refractivity contribution < 1.29 is 0 Å². The molecule has 1 aliphatic heterocycles. The Kier molecular flexibility index (Phi) is 6.87. The average Bonchev–Trinajstić information content (AvgIpc) is 3.29. The highest BCUT2D eigenvalue weighted by Gasteiger charge is 2.18. The lowest BCUT2D eigenvalue weighted by molar-refractivity contribution is 0.269. The summed E-state index contributed by atoms with van der Waals surface area (Å²) in [4.78, 5) is 39.5. The predicted molar refractivity (Wildman–Crippen MR) is 151 cm³/mol. The summed E-state index contributed by atoms with van der Waals surface area (Å²) in [5, 5.41) is 0. The molecule has 3 heterocycles. The molecule has 1 saturated heterocycles. The second-order valence-corrected chi connectivity index (χ2v) is 9.38. The Morgan fingerprint density at radius 3 is 1.29 bits per heavy atom. The SMILES string of the molecule is Cc1c(N=CN2CCN(C=Nc3c(C)n(C)n(-c4ccccc4)c3=O)CC2)c(=O)n(-c2ccccc2)n1C. The van der Waals surface area contributed by atoms with E-state index in [-0.39, 0.29) is 11.1 Å². The molecule has 2 aromatic heterocycles. The van der Waals surface area contributed by atoms with Crippen molar-refractivity contribution in [3.63, 3.8) is 0 Å². The maximum atomic E-state index is 13.1. The van der Waals surface area contributed by atoms with E-state index in [4.69, 9.17) is 0 Å². The molecule has 0 aliphatic carbocycles. The van der Waals surface area contributed by atoms with Crippen LogP contribution in [0.25, 0.3) is 11.4 Å². The number of hydrogen-bond acceptors (Lipinski definition) is 4. The highest BCUT2D eigenvalue weighted by atomic mass is 16.1. The standard InChI is InChI=1S/C28H32N8O2/c1-21-25(27(37)35(31(21)3)23-11-7-5-8-12-23)29-19-33-15-17-34(18-16-33)20-30-26-22(2)32(4)36(28(26)38)24-13-9-6-10-14-24/h5-14,19-20H,15-18H2,1-4H3. The van der Waals surface area contributed by atoms with Crippen LogP contribution in [0.15, 0.2) is 80.2 Å². The molecule has 0 atom stereocenters. The van der Waals surface area contributed by atoms with Crippen LogP contribution in [0.2, 0.25) is 0 Å². The largest absolute Gasteiger partial charge is 0.359 e. The third kappa shape index (κ3) is 4.60. The van der Waals surface area contributed by atoms with Gasteiger partial charge >= 0.3 is 0 Å². The summed E-state index contributed by atoms with van der Waals surface area (Å²) in [5.74, 6) is 0. The molecule has 2 aromatic carbocycles. The topological polar surface area (TPSA) is 85.1 Å². The summed E-state index contributed by atoms with van der Waals surface area (Å²) in [5.41, 5.74) is 3.82. The van der Waals surface area contributed by atoms with Gasteiger partial charge in [0.2, 0.25) is 0 Å². The van der Waals surface area contributed by atoms with Gasteiger partial charge in [-0.1, -0.05) is 36.4 Å². The van der Waals surface area contributed by atoms with Gasteiger partial charge in [-0.2, -0.15) is 0 Å². The van der Waals surface area contributed by atoms with Gasteiger partial charge in [0.25, 0.3) is 11.1 Å². The Labute approximate surface area is 221 Å². The van der Waals surface area contributed by atoms with Crippen molar-refractivity contribution in [2.24, 2.45) is 24.1 Å². The third-order valence-electron chi connectivity index (χ3n) is 7.10. The van der Waals surface area contributed by atoms with Crippen LogP contribution in [0.1, 0.15) is 11.4 Å². The maximum absolute atomic E-state index is 13.1. The maximum Gasteiger partial charge on any atom is 0.297 e. The molecule has 1 fully saturated rings. The molecule has 0 N–H and O–H groups in total. The molecule has 196 valence electrons. The zero-order chi connectivity index (χ0) is 26.8. The second kappa shape index (κ2) is 10.4. The van der Waals surface area contributed by atoms with Gasteiger partial charge in [0.1, 0.15) is 0 Å². The monoisotopic (exact) mass is 512 g/mol. The van der Waals surface area contributed by atoms with Crippen LogP contribution in [0.4, 0.5) is 11.4 Å². The van der Waals surface area contributed by atoms with Gasteiger partial charge in [-0.25, -0.2) is 19.3 Å². The number of piperazine rings is 1. The van der Waals surface area contributed by atoms with Gasteiger partial charge in [-0.15, -0.1) is 0 Å². The van der Waals surface area contributed by atoms with Gasteiger partial charge in [0, 0.05) is 40.3 Å². The summed E-state index contributed by atoms with van der Waals surface area (Å²) in [7, 11) is 3.73. The first-order valence-electron chi connectivity index (χ1n) is 12.6. The molecule has 0 radical (unpaired) electrons. The minimum Gasteiger partial charge on any atom is -0.359 e. The van der Waals surface area contributed by atoms with Crippen molar-refractivity contribution in [3.8, 4) is 11.4 Å². The Bertz CT molecular complexity index is 1480. The van der Waals surface area contributed by atoms with Crippen LogP contribution in [0, 0.1) is 13.8 Å². The molecule has 5 rings (SSSR count). The highest BCUT2D eigenvalue weighted by Crippen LogP contribution is 2.18. The van der Waals surface area contributed by atoms with Gasteiger partial charge < -0.3 is 9.80 Å². The minimum atomic E-state index is -0.141. The van der Waals surface area contributed by atoms with E-state index >= 15 is 0 Å². The van der Waals surface area contributed by atoms with Gasteiger partial charge in [-0.05, 0) is 38.1 Å². The van der Waals surface area contributed by atoms with Gasteiger partial charge in [0.15, 0.2) is 11.4 Å². The number of aliphatic imine (C=N–C) groups is 2. The number of para-hydroxylation sites is 2. The first-order chi connectivity index (χ1) is 18.4. The summed E-state index contributed by atoms with van der Waals surface area (Å²) in [6.07, 6.45) is 3.51. The molecule has 0 unspecified atom stereocenters. The Hall–Kier alpha value is -4.60. The second-order valence-electron chi connectivity index (χ2n) is 9.38. The molecular formula is C28H32N8O2. The van der Waals surface area contributed by atoms with Crippen molar-refractivity contribution in [2.45, 2.75) is 13.8 Å². The average molecular weight is 513 g/mol. The lowest BCUT2D eigenvalue weighted by Gasteiger charge is -2.32. The molecule has 0 bridgehead atoms. The van der Waals surface area contributed by atoms with Crippen LogP contribution in [0.3, 0.4) is 0 Å². The Morgan fingerprint density at radius 1 is 0.605 bits per heavy atom. The Balaban J connectivity index is 1.26. The highest BCUT2D eigenvalue weighted by molar-refractivity contribution is 5.65. The lowest BCUT2D eigenvalue weighted by Crippen LogP contribution is -2.44. The van der Waals surface area contributed by atoms with E-state index < -0.39 is 0 Å². The third-order valence-corrected chi connectivity index (χ3v) is 7.10. The van der Waals surface area contributed by atoms with Gasteiger partial charge in [-0.3, -0.25) is 19.0 Å². The van der Waals surface area contributed by atoms with Crippen molar-refractivity contribution in [3.05, 3.63) is 92.8 Å². The van der Waals surface area contributed by atoms with Crippen LogP contribution >= 0.6 is 0 Å². The Morgan fingerprint density at radius 2 is 0.947 bits per heavy atom. The van der Waals surface area contributed by atoms with E-state index in [1.807, 2.05) is 98.0 Å². The molecule has 1 aliphatic rings.